The molecule has 2 aromatic carbocycles. The molecule has 174 valence electrons. The number of carbonyl (C=O) groups is 1. The van der Waals surface area contributed by atoms with Crippen LogP contribution in [0.4, 0.5) is 0 Å². The monoisotopic (exact) mass is 486 g/mol. The van der Waals surface area contributed by atoms with Gasteiger partial charge in [0.25, 0.3) is 5.91 Å². The minimum Gasteiger partial charge on any atom is -0.493 e. The number of ether oxygens (including phenoxy) is 2. The van der Waals surface area contributed by atoms with Gasteiger partial charge in [0.2, 0.25) is 10.0 Å². The van der Waals surface area contributed by atoms with E-state index in [-0.39, 0.29) is 16.8 Å². The van der Waals surface area contributed by atoms with Crippen LogP contribution in [0.3, 0.4) is 0 Å². The highest BCUT2D eigenvalue weighted by Gasteiger charge is 2.34. The molecule has 1 aliphatic rings. The first-order valence-corrected chi connectivity index (χ1v) is 12.7. The lowest BCUT2D eigenvalue weighted by Gasteiger charge is -2.37. The Balaban J connectivity index is 1.74. The Morgan fingerprint density at radius 2 is 1.73 bits per heavy atom. The van der Waals surface area contributed by atoms with Gasteiger partial charge in [-0.2, -0.15) is 0 Å². The van der Waals surface area contributed by atoms with Crippen LogP contribution in [0.1, 0.15) is 32.4 Å². The first kappa shape index (κ1) is 23.3. The molecule has 0 saturated heterocycles. The molecule has 0 radical (unpaired) electrons. The second-order valence-electron chi connectivity index (χ2n) is 7.88. The summed E-state index contributed by atoms with van der Waals surface area (Å²) in [7, 11) is 2.61. The lowest BCUT2D eigenvalue weighted by molar-refractivity contribution is 0.0696. The lowest BCUT2D eigenvalue weighted by Crippen LogP contribution is -2.40. The zero-order valence-corrected chi connectivity index (χ0v) is 20.6. The maximum absolute atomic E-state index is 13.6. The van der Waals surface area contributed by atoms with Gasteiger partial charge in [0.05, 0.1) is 25.2 Å². The third-order valence-corrected chi connectivity index (χ3v) is 8.58. The topological polar surface area (TPSA) is 76.1 Å². The highest BCUT2D eigenvalue weighted by molar-refractivity contribution is 7.89. The minimum absolute atomic E-state index is 0.150. The number of hydrogen-bond acceptors (Lipinski definition) is 6. The minimum atomic E-state index is -3.56. The van der Waals surface area contributed by atoms with Gasteiger partial charge in [-0.3, -0.25) is 4.79 Å². The molecule has 1 amide bonds. The number of hydrogen-bond donors (Lipinski definition) is 0. The van der Waals surface area contributed by atoms with Crippen molar-refractivity contribution in [2.75, 3.05) is 34.9 Å². The van der Waals surface area contributed by atoms with E-state index in [0.717, 1.165) is 20.3 Å². The zero-order valence-electron chi connectivity index (χ0n) is 18.9. The molecule has 33 heavy (non-hydrogen) atoms. The van der Waals surface area contributed by atoms with Crippen LogP contribution < -0.4 is 9.47 Å². The Hall–Kier alpha value is -2.88. The summed E-state index contributed by atoms with van der Waals surface area (Å²) < 4.78 is 36.9. The Bertz CT molecular complexity index is 1250. The molecule has 0 aliphatic carbocycles. The Morgan fingerprint density at radius 3 is 2.30 bits per heavy atom. The van der Waals surface area contributed by atoms with Crippen molar-refractivity contribution in [1.82, 2.24) is 9.21 Å². The number of sulfonamides is 1. The molecule has 7 nitrogen and oxygen atoms in total. The molecule has 0 fully saturated rings. The average Bonchev–Trinajstić information content (AvgIpc) is 3.36. The lowest BCUT2D eigenvalue weighted by atomic mass is 9.90. The van der Waals surface area contributed by atoms with Gasteiger partial charge in [0.15, 0.2) is 11.5 Å². The molecule has 0 spiro atoms. The van der Waals surface area contributed by atoms with Gasteiger partial charge in [-0.25, -0.2) is 12.7 Å². The highest BCUT2D eigenvalue weighted by atomic mass is 32.2. The van der Waals surface area contributed by atoms with Gasteiger partial charge >= 0.3 is 0 Å². The van der Waals surface area contributed by atoms with E-state index in [4.69, 9.17) is 9.47 Å². The van der Waals surface area contributed by atoms with Crippen molar-refractivity contribution < 1.29 is 22.7 Å². The van der Waals surface area contributed by atoms with Crippen molar-refractivity contribution >= 4 is 27.3 Å². The molecule has 2 heterocycles. The molecule has 1 aliphatic heterocycles. The smallest absolute Gasteiger partial charge is 0.254 e. The summed E-state index contributed by atoms with van der Waals surface area (Å²) in [6, 6.07) is 13.8. The number of rotatable bonds is 6. The molecular formula is C24H26N2O5S2. The SMILES string of the molecule is COc1cc2c(cc1OC)[C@@H](c1cccs1)N(C(=O)c1ccc(S(=O)(=O)N(C)C)cc1)CC2. The number of benzene rings is 2. The first-order chi connectivity index (χ1) is 15.8. The van der Waals surface area contributed by atoms with E-state index >= 15 is 0 Å². The van der Waals surface area contributed by atoms with Gasteiger partial charge in [-0.15, -0.1) is 11.3 Å². The normalized spacial score (nSPS) is 15.9. The van der Waals surface area contributed by atoms with E-state index in [0.29, 0.717) is 30.0 Å². The first-order valence-electron chi connectivity index (χ1n) is 10.4. The van der Waals surface area contributed by atoms with Crippen LogP contribution in [0.15, 0.2) is 58.8 Å². The predicted molar refractivity (Wildman–Crippen MR) is 128 cm³/mol. The van der Waals surface area contributed by atoms with Crippen molar-refractivity contribution in [3.63, 3.8) is 0 Å². The molecule has 4 rings (SSSR count). The van der Waals surface area contributed by atoms with E-state index in [1.54, 1.807) is 37.7 Å². The number of nitrogens with zero attached hydrogens (tertiary/aromatic N) is 2. The quantitative estimate of drug-likeness (QED) is 0.530. The summed E-state index contributed by atoms with van der Waals surface area (Å²) in [5.74, 6) is 1.13. The standard InChI is InChI=1S/C24H26N2O5S2/c1-25(2)33(28,29)18-9-7-16(8-10-18)24(27)26-12-11-17-14-20(30-3)21(31-4)15-19(17)23(26)22-6-5-13-32-22/h5-10,13-15,23H,11-12H2,1-4H3/t23-/m0/s1. The van der Waals surface area contributed by atoms with Crippen LogP contribution in [0.25, 0.3) is 0 Å². The van der Waals surface area contributed by atoms with E-state index in [2.05, 4.69) is 0 Å². The van der Waals surface area contributed by atoms with Gasteiger partial charge in [0, 0.05) is 31.1 Å². The number of thiophene rings is 1. The molecular weight excluding hydrogens is 460 g/mol. The number of amides is 1. The summed E-state index contributed by atoms with van der Waals surface area (Å²) in [5.41, 5.74) is 2.56. The van der Waals surface area contributed by atoms with Crippen LogP contribution in [0.2, 0.25) is 0 Å². The van der Waals surface area contributed by atoms with Crippen LogP contribution >= 0.6 is 11.3 Å². The Labute approximate surface area is 198 Å². The maximum atomic E-state index is 13.6. The van der Waals surface area contributed by atoms with E-state index in [9.17, 15) is 13.2 Å². The van der Waals surface area contributed by atoms with E-state index < -0.39 is 10.0 Å². The van der Waals surface area contributed by atoms with E-state index in [1.807, 2.05) is 34.5 Å². The third-order valence-electron chi connectivity index (χ3n) is 5.83. The molecule has 0 N–H and O–H groups in total. The van der Waals surface area contributed by atoms with Crippen molar-refractivity contribution in [3.8, 4) is 11.5 Å². The molecule has 3 aromatic rings. The second-order valence-corrected chi connectivity index (χ2v) is 11.0. The van der Waals surface area contributed by atoms with E-state index in [1.165, 1.54) is 26.2 Å². The number of carbonyl (C=O) groups excluding carboxylic acids is 1. The zero-order chi connectivity index (χ0) is 23.8. The van der Waals surface area contributed by atoms with Crippen LogP contribution in [0.5, 0.6) is 11.5 Å². The maximum Gasteiger partial charge on any atom is 0.254 e. The Kier molecular flexibility index (Phi) is 6.47. The van der Waals surface area contributed by atoms with Gasteiger partial charge < -0.3 is 14.4 Å². The van der Waals surface area contributed by atoms with Gasteiger partial charge in [-0.05, 0) is 65.4 Å². The fourth-order valence-corrected chi connectivity index (χ4v) is 5.82. The number of methoxy groups -OCH3 is 2. The summed E-state index contributed by atoms with van der Waals surface area (Å²) in [5, 5.41) is 1.99. The fourth-order valence-electron chi connectivity index (χ4n) is 4.06. The Morgan fingerprint density at radius 1 is 1.06 bits per heavy atom. The van der Waals surface area contributed by atoms with Crippen molar-refractivity contribution in [2.45, 2.75) is 17.4 Å². The van der Waals surface area contributed by atoms with Crippen molar-refractivity contribution in [1.29, 1.82) is 0 Å². The van der Waals surface area contributed by atoms with Gasteiger partial charge in [0.1, 0.15) is 0 Å². The van der Waals surface area contributed by atoms with Crippen LogP contribution in [0, 0.1) is 0 Å². The third kappa shape index (κ3) is 4.23. The summed E-state index contributed by atoms with van der Waals surface area (Å²) in [6.45, 7) is 0.529. The molecule has 1 atom stereocenters. The molecule has 0 unspecified atom stereocenters. The summed E-state index contributed by atoms with van der Waals surface area (Å²) >= 11 is 1.59. The van der Waals surface area contributed by atoms with Crippen LogP contribution in [-0.4, -0.2) is 58.4 Å². The fraction of sp³-hybridized carbons (Fsp3) is 0.292. The average molecular weight is 487 g/mol. The summed E-state index contributed by atoms with van der Waals surface area (Å²) in [4.78, 5) is 16.6. The molecule has 0 saturated carbocycles. The predicted octanol–water partition coefficient (Wildman–Crippen LogP) is 3.80. The van der Waals surface area contributed by atoms with Crippen molar-refractivity contribution in [3.05, 3.63) is 75.5 Å². The second kappa shape index (κ2) is 9.17. The molecule has 1 aromatic heterocycles. The van der Waals surface area contributed by atoms with Crippen LogP contribution in [-0.2, 0) is 16.4 Å². The number of fused-ring (bicyclic) bond motifs is 1. The van der Waals surface area contributed by atoms with Gasteiger partial charge in [-0.1, -0.05) is 6.07 Å². The van der Waals surface area contributed by atoms with Crippen molar-refractivity contribution in [2.24, 2.45) is 0 Å². The highest BCUT2D eigenvalue weighted by Crippen LogP contribution is 2.42. The largest absolute Gasteiger partial charge is 0.493 e. The summed E-state index contributed by atoms with van der Waals surface area (Å²) in [6.07, 6.45) is 0.677. The molecule has 9 heteroatoms. The molecule has 0 bridgehead atoms.